The summed E-state index contributed by atoms with van der Waals surface area (Å²) in [6.45, 7) is 1.79. The first-order valence-corrected chi connectivity index (χ1v) is 13.1. The Balaban J connectivity index is 1.57. The monoisotopic (exact) mass is 522 g/mol. The van der Waals surface area contributed by atoms with E-state index >= 15 is 0 Å². The Labute approximate surface area is 201 Å². The van der Waals surface area contributed by atoms with Crippen molar-refractivity contribution < 1.29 is 8.42 Å². The van der Waals surface area contributed by atoms with E-state index in [9.17, 15) is 8.42 Å². The molecule has 1 fully saturated rings. The minimum absolute atomic E-state index is 0.209. The third kappa shape index (κ3) is 4.67. The van der Waals surface area contributed by atoms with Crippen LogP contribution in [0.25, 0.3) is 23.1 Å². The third-order valence-corrected chi connectivity index (χ3v) is 7.60. The van der Waals surface area contributed by atoms with Gasteiger partial charge in [0.05, 0.1) is 27.5 Å². The van der Waals surface area contributed by atoms with E-state index in [0.717, 1.165) is 53.8 Å². The van der Waals surface area contributed by atoms with E-state index in [2.05, 4.69) is 35.7 Å². The zero-order chi connectivity index (χ0) is 22.8. The summed E-state index contributed by atoms with van der Waals surface area (Å²) in [5, 5.41) is 8.44. The maximum absolute atomic E-state index is 13.2. The van der Waals surface area contributed by atoms with Crippen LogP contribution in [-0.2, 0) is 10.0 Å². The van der Waals surface area contributed by atoms with Gasteiger partial charge < -0.3 is 4.90 Å². The number of nitrogens with zero attached hydrogens (tertiary/aromatic N) is 2. The highest BCUT2D eigenvalue weighted by Gasteiger charge is 2.22. The van der Waals surface area contributed by atoms with Crippen molar-refractivity contribution in [1.82, 2.24) is 10.2 Å². The number of rotatable bonds is 6. The lowest BCUT2D eigenvalue weighted by Crippen LogP contribution is -2.21. The smallest absolute Gasteiger partial charge is 0.262 e. The molecule has 3 aromatic carbocycles. The van der Waals surface area contributed by atoms with Gasteiger partial charge in [0.25, 0.3) is 10.0 Å². The second kappa shape index (κ2) is 9.03. The highest BCUT2D eigenvalue weighted by Crippen LogP contribution is 2.36. The van der Waals surface area contributed by atoms with Crippen LogP contribution >= 0.6 is 15.9 Å². The molecule has 2 heterocycles. The van der Waals surface area contributed by atoms with Gasteiger partial charge in [-0.15, -0.1) is 0 Å². The second-order valence-electron chi connectivity index (χ2n) is 8.02. The fourth-order valence-electron chi connectivity index (χ4n) is 4.08. The zero-order valence-electron chi connectivity index (χ0n) is 17.8. The fraction of sp³-hybridized carbons (Fsp3) is 0.160. The molecule has 6 nitrogen and oxygen atoms in total. The van der Waals surface area contributed by atoms with Crippen molar-refractivity contribution in [3.63, 3.8) is 0 Å². The van der Waals surface area contributed by atoms with Crippen LogP contribution in [0.4, 0.5) is 11.4 Å². The summed E-state index contributed by atoms with van der Waals surface area (Å²) in [4.78, 5) is 2.43. The molecule has 8 heteroatoms. The van der Waals surface area contributed by atoms with Gasteiger partial charge in [-0.1, -0.05) is 58.4 Å². The minimum Gasteiger partial charge on any atom is -0.370 e. The molecule has 1 aliphatic heterocycles. The summed E-state index contributed by atoms with van der Waals surface area (Å²) in [6, 6.07) is 20.6. The van der Waals surface area contributed by atoms with Gasteiger partial charge in [0.1, 0.15) is 0 Å². The lowest BCUT2D eigenvalue weighted by molar-refractivity contribution is 0.601. The quantitative estimate of drug-likeness (QED) is 0.330. The molecule has 33 heavy (non-hydrogen) atoms. The average Bonchev–Trinajstić information content (AvgIpc) is 3.48. The first-order chi connectivity index (χ1) is 16.0. The molecule has 0 atom stereocenters. The molecule has 0 aliphatic carbocycles. The topological polar surface area (TPSA) is 78.1 Å². The van der Waals surface area contributed by atoms with E-state index in [-0.39, 0.29) is 4.90 Å². The molecule has 1 aliphatic rings. The van der Waals surface area contributed by atoms with Crippen LogP contribution < -0.4 is 9.62 Å². The number of sulfonamides is 1. The third-order valence-electron chi connectivity index (χ3n) is 5.74. The van der Waals surface area contributed by atoms with Gasteiger partial charge >= 0.3 is 0 Å². The van der Waals surface area contributed by atoms with Crippen molar-refractivity contribution in [2.75, 3.05) is 22.7 Å². The molecule has 5 rings (SSSR count). The second-order valence-corrected chi connectivity index (χ2v) is 10.6. The van der Waals surface area contributed by atoms with Crippen LogP contribution in [0.15, 0.2) is 76.1 Å². The SMILES string of the molecule is O=S(=O)(Nc1cc2c(C=Cc3ccccc3)n[nH]c2cc1N1CCCC1)c1cccc(Br)c1. The number of hydrogen-bond donors (Lipinski definition) is 2. The van der Waals surface area contributed by atoms with Crippen LogP contribution in [0.3, 0.4) is 0 Å². The number of fused-ring (bicyclic) bond motifs is 1. The Morgan fingerprint density at radius 2 is 1.76 bits per heavy atom. The Morgan fingerprint density at radius 1 is 0.970 bits per heavy atom. The van der Waals surface area contributed by atoms with Crippen molar-refractivity contribution >= 4 is 60.4 Å². The molecule has 0 spiro atoms. The lowest BCUT2D eigenvalue weighted by atomic mass is 10.1. The molecule has 1 saturated heterocycles. The summed E-state index contributed by atoms with van der Waals surface area (Å²) in [5.74, 6) is 0. The van der Waals surface area contributed by atoms with Crippen LogP contribution in [-0.4, -0.2) is 31.7 Å². The normalized spacial score (nSPS) is 14.4. The lowest BCUT2D eigenvalue weighted by Gasteiger charge is -2.22. The predicted molar refractivity (Wildman–Crippen MR) is 138 cm³/mol. The molecular weight excluding hydrogens is 500 g/mol. The Kier molecular flexibility index (Phi) is 5.95. The molecule has 0 radical (unpaired) electrons. The molecule has 0 unspecified atom stereocenters. The molecule has 0 amide bonds. The molecule has 4 aromatic rings. The van der Waals surface area contributed by atoms with Gasteiger partial charge in [0.15, 0.2) is 0 Å². The first kappa shape index (κ1) is 21.7. The Morgan fingerprint density at radius 3 is 2.52 bits per heavy atom. The van der Waals surface area contributed by atoms with Crippen LogP contribution in [0.5, 0.6) is 0 Å². The van der Waals surface area contributed by atoms with Gasteiger partial charge in [-0.2, -0.15) is 5.10 Å². The molecule has 2 N–H and O–H groups in total. The number of aromatic nitrogens is 2. The van der Waals surface area contributed by atoms with Crippen molar-refractivity contribution in [2.45, 2.75) is 17.7 Å². The Hall–Kier alpha value is -3.10. The summed E-state index contributed by atoms with van der Waals surface area (Å²) in [6.07, 6.45) is 6.11. The Bertz CT molecular complexity index is 1430. The van der Waals surface area contributed by atoms with Crippen molar-refractivity contribution in [3.05, 3.63) is 82.5 Å². The fourth-order valence-corrected chi connectivity index (χ4v) is 5.74. The molecule has 0 bridgehead atoms. The largest absolute Gasteiger partial charge is 0.370 e. The van der Waals surface area contributed by atoms with Crippen LogP contribution in [0.1, 0.15) is 24.1 Å². The molecule has 0 saturated carbocycles. The minimum atomic E-state index is -3.76. The van der Waals surface area contributed by atoms with Gasteiger partial charge in [0, 0.05) is 22.9 Å². The zero-order valence-corrected chi connectivity index (χ0v) is 20.2. The van der Waals surface area contributed by atoms with Crippen molar-refractivity contribution in [3.8, 4) is 0 Å². The van der Waals surface area contributed by atoms with Crippen LogP contribution in [0, 0.1) is 0 Å². The van der Waals surface area contributed by atoms with E-state index in [1.165, 1.54) is 0 Å². The van der Waals surface area contributed by atoms with E-state index in [0.29, 0.717) is 10.2 Å². The van der Waals surface area contributed by atoms with E-state index in [1.807, 2.05) is 54.6 Å². The van der Waals surface area contributed by atoms with Gasteiger partial charge in [-0.05, 0) is 54.8 Å². The van der Waals surface area contributed by atoms with Crippen molar-refractivity contribution in [1.29, 1.82) is 0 Å². The number of halogens is 1. The molecule has 1 aromatic heterocycles. The maximum atomic E-state index is 13.2. The highest BCUT2D eigenvalue weighted by molar-refractivity contribution is 9.10. The average molecular weight is 523 g/mol. The number of anilines is 2. The van der Waals surface area contributed by atoms with E-state index < -0.39 is 10.0 Å². The van der Waals surface area contributed by atoms with Crippen molar-refractivity contribution in [2.24, 2.45) is 0 Å². The number of H-pyrrole nitrogens is 1. The molecule has 168 valence electrons. The summed E-state index contributed by atoms with van der Waals surface area (Å²) >= 11 is 3.36. The highest BCUT2D eigenvalue weighted by atomic mass is 79.9. The number of aromatic amines is 1. The van der Waals surface area contributed by atoms with Crippen LogP contribution in [0.2, 0.25) is 0 Å². The van der Waals surface area contributed by atoms with Gasteiger partial charge in [-0.3, -0.25) is 9.82 Å². The predicted octanol–water partition coefficient (Wildman–Crippen LogP) is 5.90. The maximum Gasteiger partial charge on any atom is 0.262 e. The van der Waals surface area contributed by atoms with Gasteiger partial charge in [-0.25, -0.2) is 8.42 Å². The molecular formula is C25H23BrN4O2S. The summed E-state index contributed by atoms with van der Waals surface area (Å²) < 4.78 is 30.0. The number of hydrogen-bond acceptors (Lipinski definition) is 4. The summed E-state index contributed by atoms with van der Waals surface area (Å²) in [5.41, 5.74) is 4.11. The van der Waals surface area contributed by atoms with E-state index in [4.69, 9.17) is 0 Å². The van der Waals surface area contributed by atoms with E-state index in [1.54, 1.807) is 24.3 Å². The first-order valence-electron chi connectivity index (χ1n) is 10.8. The van der Waals surface area contributed by atoms with Gasteiger partial charge in [0.2, 0.25) is 0 Å². The number of nitrogens with one attached hydrogen (secondary N) is 2. The summed E-state index contributed by atoms with van der Waals surface area (Å²) in [7, 11) is -3.76. The standard InChI is InChI=1S/C25H23BrN4O2S/c26-19-9-6-10-20(15-19)33(31,32)29-24-16-21-22(12-11-18-7-2-1-3-8-18)27-28-23(21)17-25(24)30-13-4-5-14-30/h1-3,6-12,15-17,29H,4-5,13-14H2,(H,27,28). The number of benzene rings is 3.